The quantitative estimate of drug-likeness (QED) is 0.710. The van der Waals surface area contributed by atoms with Crippen molar-refractivity contribution >= 4 is 24.2 Å². The van der Waals surface area contributed by atoms with Gasteiger partial charge in [-0.2, -0.15) is 0 Å². The lowest BCUT2D eigenvalue weighted by Crippen LogP contribution is -2.43. The summed E-state index contributed by atoms with van der Waals surface area (Å²) in [6.45, 7) is 6.24. The molecule has 22 heavy (non-hydrogen) atoms. The fourth-order valence-corrected chi connectivity index (χ4v) is 2.13. The van der Waals surface area contributed by atoms with Crippen molar-refractivity contribution in [3.63, 3.8) is 0 Å². The van der Waals surface area contributed by atoms with Gasteiger partial charge >= 0.3 is 0 Å². The van der Waals surface area contributed by atoms with E-state index in [2.05, 4.69) is 31.3 Å². The molecular weight excluding hydrogens is 302 g/mol. The molecule has 0 spiro atoms. The van der Waals surface area contributed by atoms with Gasteiger partial charge < -0.3 is 16.8 Å². The summed E-state index contributed by atoms with van der Waals surface area (Å²) in [7, 11) is 0. The molecule has 1 aromatic carbocycles. The number of carbonyl (C=O) groups is 2. The molecule has 0 bridgehead atoms. The minimum atomic E-state index is -0.898. The molecule has 0 aliphatic rings. The molecule has 0 saturated carbocycles. The van der Waals surface area contributed by atoms with E-state index in [-0.39, 0.29) is 30.8 Å². The van der Waals surface area contributed by atoms with Crippen LogP contribution in [0.1, 0.15) is 44.4 Å². The average Bonchev–Trinajstić information content (AvgIpc) is 2.37. The SMILES string of the molecule is CC(C)Cc1ccc(C(C)NC(=O)C(N)CC(N)=O)cc1.Cl. The van der Waals surface area contributed by atoms with E-state index in [0.29, 0.717) is 5.92 Å². The van der Waals surface area contributed by atoms with Crippen molar-refractivity contribution in [3.8, 4) is 0 Å². The number of hydrogen-bond donors (Lipinski definition) is 3. The number of benzene rings is 1. The molecule has 1 rings (SSSR count). The van der Waals surface area contributed by atoms with E-state index in [0.717, 1.165) is 12.0 Å². The number of nitrogens with one attached hydrogen (secondary N) is 1. The van der Waals surface area contributed by atoms with E-state index < -0.39 is 11.9 Å². The summed E-state index contributed by atoms with van der Waals surface area (Å²) < 4.78 is 0. The van der Waals surface area contributed by atoms with Crippen LogP contribution in [-0.4, -0.2) is 17.9 Å². The first kappa shape index (κ1) is 20.4. The Morgan fingerprint density at radius 1 is 1.14 bits per heavy atom. The van der Waals surface area contributed by atoms with Crippen molar-refractivity contribution in [2.75, 3.05) is 0 Å². The molecule has 0 fully saturated rings. The van der Waals surface area contributed by atoms with E-state index in [9.17, 15) is 9.59 Å². The smallest absolute Gasteiger partial charge is 0.237 e. The Labute approximate surface area is 138 Å². The van der Waals surface area contributed by atoms with Gasteiger partial charge in [-0.05, 0) is 30.4 Å². The zero-order valence-corrected chi connectivity index (χ0v) is 14.2. The zero-order valence-electron chi connectivity index (χ0n) is 13.3. The molecule has 2 atom stereocenters. The van der Waals surface area contributed by atoms with Crippen LogP contribution in [-0.2, 0) is 16.0 Å². The fraction of sp³-hybridized carbons (Fsp3) is 0.500. The van der Waals surface area contributed by atoms with E-state index in [1.54, 1.807) is 0 Å². The van der Waals surface area contributed by atoms with Crippen molar-refractivity contribution in [2.24, 2.45) is 17.4 Å². The third-order valence-corrected chi connectivity index (χ3v) is 3.24. The van der Waals surface area contributed by atoms with Crippen molar-refractivity contribution in [3.05, 3.63) is 35.4 Å². The second-order valence-corrected chi connectivity index (χ2v) is 5.85. The summed E-state index contributed by atoms with van der Waals surface area (Å²) in [5.41, 5.74) is 12.9. The van der Waals surface area contributed by atoms with Crippen LogP contribution in [0.5, 0.6) is 0 Å². The van der Waals surface area contributed by atoms with Gasteiger partial charge in [0.25, 0.3) is 0 Å². The van der Waals surface area contributed by atoms with Gasteiger partial charge in [-0.25, -0.2) is 0 Å². The van der Waals surface area contributed by atoms with Crippen LogP contribution in [0.4, 0.5) is 0 Å². The number of hydrogen-bond acceptors (Lipinski definition) is 3. The van der Waals surface area contributed by atoms with Crippen LogP contribution >= 0.6 is 12.4 Å². The summed E-state index contributed by atoms with van der Waals surface area (Å²) in [5.74, 6) is -0.337. The molecule has 0 aromatic heterocycles. The van der Waals surface area contributed by atoms with Gasteiger partial charge in [-0.1, -0.05) is 38.1 Å². The maximum absolute atomic E-state index is 11.8. The highest BCUT2D eigenvalue weighted by atomic mass is 35.5. The summed E-state index contributed by atoms with van der Waals surface area (Å²) in [4.78, 5) is 22.6. The number of halogens is 1. The largest absolute Gasteiger partial charge is 0.370 e. The molecule has 0 radical (unpaired) electrons. The molecule has 5 nitrogen and oxygen atoms in total. The maximum Gasteiger partial charge on any atom is 0.237 e. The fourth-order valence-electron chi connectivity index (χ4n) is 2.13. The molecule has 0 aliphatic heterocycles. The molecular formula is C16H26ClN3O2. The van der Waals surface area contributed by atoms with Crippen molar-refractivity contribution in [1.82, 2.24) is 5.32 Å². The second-order valence-electron chi connectivity index (χ2n) is 5.85. The van der Waals surface area contributed by atoms with Gasteiger partial charge in [0, 0.05) is 0 Å². The van der Waals surface area contributed by atoms with Crippen LogP contribution in [0.2, 0.25) is 0 Å². The lowest BCUT2D eigenvalue weighted by atomic mass is 10.00. The summed E-state index contributed by atoms with van der Waals surface area (Å²) in [6.07, 6.45) is 0.885. The molecule has 2 amide bonds. The first-order valence-corrected chi connectivity index (χ1v) is 7.22. The normalized spacial score (nSPS) is 13.1. The monoisotopic (exact) mass is 327 g/mol. The Balaban J connectivity index is 0.00000441. The van der Waals surface area contributed by atoms with Crippen LogP contribution in [0, 0.1) is 5.92 Å². The Morgan fingerprint density at radius 2 is 1.68 bits per heavy atom. The molecule has 0 saturated heterocycles. The van der Waals surface area contributed by atoms with E-state index in [1.165, 1.54) is 5.56 Å². The second kappa shape index (κ2) is 9.43. The first-order chi connectivity index (χ1) is 9.79. The number of nitrogens with two attached hydrogens (primary N) is 2. The standard InChI is InChI=1S/C16H25N3O2.ClH/c1-10(2)8-12-4-6-13(7-5-12)11(3)19-16(21)14(17)9-15(18)20;/h4-7,10-11,14H,8-9,17H2,1-3H3,(H2,18,20)(H,19,21);1H. The lowest BCUT2D eigenvalue weighted by Gasteiger charge is -2.17. The predicted octanol–water partition coefficient (Wildman–Crippen LogP) is 1.69. The summed E-state index contributed by atoms with van der Waals surface area (Å²) >= 11 is 0. The van der Waals surface area contributed by atoms with Crippen molar-refractivity contribution in [2.45, 2.75) is 45.7 Å². The van der Waals surface area contributed by atoms with Gasteiger partial charge in [0.2, 0.25) is 11.8 Å². The Morgan fingerprint density at radius 3 is 2.14 bits per heavy atom. The van der Waals surface area contributed by atoms with Gasteiger partial charge in [0.05, 0.1) is 18.5 Å². The highest BCUT2D eigenvalue weighted by Crippen LogP contribution is 2.15. The Hall–Kier alpha value is -1.59. The maximum atomic E-state index is 11.8. The summed E-state index contributed by atoms with van der Waals surface area (Å²) in [6, 6.07) is 7.09. The van der Waals surface area contributed by atoms with E-state index in [4.69, 9.17) is 11.5 Å². The summed E-state index contributed by atoms with van der Waals surface area (Å²) in [5, 5.41) is 2.79. The van der Waals surface area contributed by atoms with E-state index in [1.807, 2.05) is 19.1 Å². The van der Waals surface area contributed by atoms with Crippen molar-refractivity contribution in [1.29, 1.82) is 0 Å². The molecule has 124 valence electrons. The number of amides is 2. The minimum absolute atomic E-state index is 0. The Kier molecular flexibility index (Phi) is 8.75. The van der Waals surface area contributed by atoms with Crippen LogP contribution in [0.25, 0.3) is 0 Å². The average molecular weight is 328 g/mol. The minimum Gasteiger partial charge on any atom is -0.370 e. The third-order valence-electron chi connectivity index (χ3n) is 3.24. The van der Waals surface area contributed by atoms with Crippen LogP contribution in [0.15, 0.2) is 24.3 Å². The molecule has 1 aromatic rings. The number of primary amides is 1. The first-order valence-electron chi connectivity index (χ1n) is 7.22. The molecule has 0 heterocycles. The zero-order chi connectivity index (χ0) is 16.0. The lowest BCUT2D eigenvalue weighted by molar-refractivity contribution is -0.126. The number of carbonyl (C=O) groups excluding carboxylic acids is 2. The van der Waals surface area contributed by atoms with Gasteiger partial charge in [0.1, 0.15) is 0 Å². The third kappa shape index (κ3) is 6.91. The Bertz CT molecular complexity index is 489. The highest BCUT2D eigenvalue weighted by Gasteiger charge is 2.18. The molecule has 2 unspecified atom stereocenters. The van der Waals surface area contributed by atoms with Crippen molar-refractivity contribution < 1.29 is 9.59 Å². The van der Waals surface area contributed by atoms with E-state index >= 15 is 0 Å². The molecule has 6 heteroatoms. The van der Waals surface area contributed by atoms with Crippen LogP contribution < -0.4 is 16.8 Å². The van der Waals surface area contributed by atoms with Gasteiger partial charge in [-0.3, -0.25) is 9.59 Å². The topological polar surface area (TPSA) is 98.2 Å². The molecule has 0 aliphatic carbocycles. The predicted molar refractivity (Wildman–Crippen MR) is 90.6 cm³/mol. The number of rotatable bonds is 7. The highest BCUT2D eigenvalue weighted by molar-refractivity contribution is 5.87. The molecule has 5 N–H and O–H groups in total. The van der Waals surface area contributed by atoms with Gasteiger partial charge in [0.15, 0.2) is 0 Å². The van der Waals surface area contributed by atoms with Gasteiger partial charge in [-0.15, -0.1) is 12.4 Å². The van der Waals surface area contributed by atoms with Crippen LogP contribution in [0.3, 0.4) is 0 Å².